The number of halogens is 14. The third-order valence-corrected chi connectivity index (χ3v) is 27.1. The summed E-state index contributed by atoms with van der Waals surface area (Å²) < 4.78 is 206. The van der Waals surface area contributed by atoms with Crippen LogP contribution in [0.25, 0.3) is 0 Å². The molecule has 14 heterocycles. The van der Waals surface area contributed by atoms with Crippen molar-refractivity contribution in [3.8, 4) is 23.0 Å². The second-order valence-electron chi connectivity index (χ2n) is 34.8. The van der Waals surface area contributed by atoms with E-state index in [0.717, 1.165) is 0 Å². The van der Waals surface area contributed by atoms with Gasteiger partial charge in [-0.1, -0.05) is 48.6 Å². The number of aromatic hydroxyl groups is 1. The number of aromatic carboxylic acids is 1. The molecule has 10 aliphatic rings. The van der Waals surface area contributed by atoms with Crippen molar-refractivity contribution in [1.82, 2.24) is 53.8 Å². The van der Waals surface area contributed by atoms with Crippen LogP contribution >= 0.6 is 0 Å². The molecule has 2 spiro atoms. The number of carbonyl (C=O) groups excluding carboxylic acids is 7. The fourth-order valence-electron chi connectivity index (χ4n) is 20.4. The number of nitrogens with two attached hydrogens (primary N) is 1. The number of nitrogens with one attached hydrogen (secondary N) is 3. The summed E-state index contributed by atoms with van der Waals surface area (Å²) in [6.07, 6.45) is 23.1. The van der Waals surface area contributed by atoms with E-state index in [-0.39, 0.29) is 171 Å². The number of methoxy groups -OCH3 is 3. The largest absolute Gasteiger partial charge is 2.00 e. The van der Waals surface area contributed by atoms with Gasteiger partial charge in [0.25, 0.3) is 41.4 Å². The third kappa shape index (κ3) is 21.1. The minimum absolute atomic E-state index is 0. The summed E-state index contributed by atoms with van der Waals surface area (Å²) in [5.74, 6) is -21.0. The molecular formula is C99H96Br2F12MgN12O21. The van der Waals surface area contributed by atoms with Gasteiger partial charge in [0.1, 0.15) is 92.1 Å². The monoisotopic (exact) mass is 2200 g/mol. The SMILES string of the molecule is C=CCN1C(=O)c2c(OC)c(=O)c(C(=O)NCc3c(F)cc(F)cc3F)cn2[C@H]2CCOC[C@]21CC=C.C=CCN1C(=O)c2c(OC)c(=O)c(C(=O)O)cn2[C@H]2CCOC[C@]21CC=C.COc1c2n(cc(C(=O)NCc3c(F)cc(F)cc3F)c1=O)[C@H]1CCOC[C@]13CC=CCN3C2=O.NCc1c(F)cc(F)cc1F.O=C(NCc1c(F)cc(F)cc1F)c1cn2c(c(O)c1=O)C(=O)N1CC=CC[C@]13COCC[C@H]23.[Br-].[Br-].[Mg+2]. The van der Waals surface area contributed by atoms with Crippen LogP contribution in [-0.2, 0) is 45.1 Å². The molecule has 778 valence electrons. The molecule has 8 aromatic rings. The summed E-state index contributed by atoms with van der Waals surface area (Å²) in [6.45, 7) is 16.7. The Morgan fingerprint density at radius 3 is 1.02 bits per heavy atom. The van der Waals surface area contributed by atoms with Gasteiger partial charge in [0, 0.05) is 174 Å². The number of fused-ring (bicyclic) bond motifs is 10. The molecule has 4 aromatic heterocycles. The van der Waals surface area contributed by atoms with Crippen molar-refractivity contribution in [1.29, 1.82) is 0 Å². The van der Waals surface area contributed by atoms with E-state index in [0.29, 0.717) is 146 Å². The number of carboxylic acid groups (broad SMARTS) is 1. The van der Waals surface area contributed by atoms with Gasteiger partial charge in [-0.2, -0.15) is 0 Å². The smallest absolute Gasteiger partial charge is 1.00 e. The molecule has 4 fully saturated rings. The van der Waals surface area contributed by atoms with E-state index < -0.39 is 220 Å². The maximum absolute atomic E-state index is 14.0. The Labute approximate surface area is 866 Å². The number of carboxylic acids is 1. The van der Waals surface area contributed by atoms with Crippen LogP contribution in [0.2, 0.25) is 0 Å². The maximum atomic E-state index is 14.0. The predicted molar refractivity (Wildman–Crippen MR) is 494 cm³/mol. The number of pyridine rings is 4. The summed E-state index contributed by atoms with van der Waals surface area (Å²) in [5, 5.41) is 26.9. The van der Waals surface area contributed by atoms with E-state index in [1.54, 1.807) is 57.6 Å². The Hall–Kier alpha value is -13.2. The number of ether oxygens (including phenoxy) is 7. The summed E-state index contributed by atoms with van der Waals surface area (Å²) in [4.78, 5) is 162. The molecule has 0 saturated carbocycles. The van der Waals surface area contributed by atoms with Gasteiger partial charge in [-0.15, -0.1) is 26.3 Å². The van der Waals surface area contributed by atoms with E-state index in [2.05, 4.69) is 42.3 Å². The van der Waals surface area contributed by atoms with Gasteiger partial charge in [0.15, 0.2) is 45.8 Å². The second-order valence-corrected chi connectivity index (χ2v) is 34.8. The van der Waals surface area contributed by atoms with Gasteiger partial charge >= 0.3 is 29.0 Å². The van der Waals surface area contributed by atoms with Crippen molar-refractivity contribution in [2.75, 3.05) is 100 Å². The minimum atomic E-state index is -1.36. The normalized spacial score (nSPS) is 21.1. The van der Waals surface area contributed by atoms with Gasteiger partial charge < -0.3 is 137 Å². The van der Waals surface area contributed by atoms with E-state index in [1.165, 1.54) is 50.7 Å². The standard InChI is InChI=1S/C26H26F3N3O5.C24H22F3N3O5.C23H20F3N3O5.C19H22N2O6.C7H6F3N.2BrH.Mg/c1-4-7-26-14-37-9-6-20(26)31-13-17(22(33)23(36-3)21(31)25(35)32(26)8-5-2)24(34)30-12-16-18(28)10-15(27)11-19(16)29;1-34-21-19-23(33)30-6-3-2-5-24(30)12-35-7-4-18(24)29(19)11-15(20(21)31)22(32)28-10-14-16(26)8-13(25)9-17(14)27;24-12-7-15(25)13(16(26)8-12)9-27-21(32)14-10-28-17-3-6-34-11-23(17)4-1-2-5-29(23)22(33)18(28)20(31)19(14)30;1-4-7-19-11-27-9-6-13(19)20-10-12(18(24)25)15(22)16(26-3)14(20)17(23)21(19)8-5-2;8-4-1-6(9)5(3-11)7(10)2-4;;;/h4-5,10-11,13,20H,1-2,6-9,12,14H2,3H3,(H,30,34);2-3,8-9,11,18H,4-7,10,12H2,1H3,(H,28,32);1-2,7-8,10,17,31H,3-6,9,11H2,(H,27,32);4-5,10,13H,1-2,6-9,11H2,3H3,(H,24,25);1-2H,3,11H2;2*1H;/q;;;;;;;+2/p-2/t20-,26+;18-,24+;17-,23+;13-,19+;;;;/m0000..../s1. The van der Waals surface area contributed by atoms with Crippen LogP contribution in [0.15, 0.2) is 167 Å². The first-order valence-electron chi connectivity index (χ1n) is 44.9. The fraction of sp³-hybridized carbons (Fsp3) is 0.354. The zero-order valence-electron chi connectivity index (χ0n) is 79.0. The predicted octanol–water partition coefficient (Wildman–Crippen LogP) is 4.12. The van der Waals surface area contributed by atoms with Gasteiger partial charge in [-0.3, -0.25) is 52.7 Å². The topological polar surface area (TPSA) is 405 Å². The van der Waals surface area contributed by atoms with Crippen molar-refractivity contribution in [2.45, 2.75) is 124 Å². The van der Waals surface area contributed by atoms with Crippen molar-refractivity contribution in [2.24, 2.45) is 5.73 Å². The van der Waals surface area contributed by atoms with E-state index in [9.17, 15) is 120 Å². The summed E-state index contributed by atoms with van der Waals surface area (Å²) in [7, 11) is 3.70. The number of rotatable bonds is 22. The van der Waals surface area contributed by atoms with Crippen LogP contribution in [0.3, 0.4) is 0 Å². The molecule has 8 atom stereocenters. The van der Waals surface area contributed by atoms with Crippen molar-refractivity contribution < 1.29 is 168 Å². The van der Waals surface area contributed by atoms with E-state index >= 15 is 0 Å². The molecule has 0 bridgehead atoms. The van der Waals surface area contributed by atoms with Crippen molar-refractivity contribution in [3.63, 3.8) is 0 Å². The van der Waals surface area contributed by atoms with Gasteiger partial charge in [0.05, 0.1) is 94.1 Å². The molecule has 0 radical (unpaired) electrons. The molecule has 0 aliphatic carbocycles. The number of carbonyl (C=O) groups is 8. The zero-order valence-corrected chi connectivity index (χ0v) is 83.5. The maximum Gasteiger partial charge on any atom is 2.00 e. The van der Waals surface area contributed by atoms with Gasteiger partial charge in [0.2, 0.25) is 21.7 Å². The Bertz CT molecular complexity index is 6840. The van der Waals surface area contributed by atoms with Crippen LogP contribution in [-0.4, -0.2) is 241 Å². The number of hydrogen-bond acceptors (Lipinski definition) is 21. The van der Waals surface area contributed by atoms with Crippen LogP contribution < -0.4 is 91.6 Å². The Balaban J connectivity index is 0.000000179. The molecule has 147 heavy (non-hydrogen) atoms. The zero-order chi connectivity index (χ0) is 104. The van der Waals surface area contributed by atoms with Crippen LogP contribution in [0.1, 0.15) is 181 Å². The molecule has 7 N–H and O–H groups in total. The van der Waals surface area contributed by atoms with Crippen molar-refractivity contribution in [3.05, 3.63) is 326 Å². The average molecular weight is 2200 g/mol. The summed E-state index contributed by atoms with van der Waals surface area (Å²) >= 11 is 0. The number of amides is 7. The van der Waals surface area contributed by atoms with Gasteiger partial charge in [-0.05, 0) is 51.4 Å². The van der Waals surface area contributed by atoms with E-state index in [4.69, 9.17) is 38.9 Å². The molecule has 18 rings (SSSR count). The molecule has 33 nitrogen and oxygen atoms in total. The summed E-state index contributed by atoms with van der Waals surface area (Å²) in [5.41, 5.74) is -5.34. The molecule has 10 aliphatic heterocycles. The number of nitrogens with zero attached hydrogens (tertiary/aromatic N) is 8. The second kappa shape index (κ2) is 47.3. The first-order chi connectivity index (χ1) is 68.8. The van der Waals surface area contributed by atoms with E-state index in [1.807, 2.05) is 24.3 Å². The quantitative estimate of drug-likeness (QED) is 0.0316. The molecule has 0 unspecified atom stereocenters. The minimum Gasteiger partial charge on any atom is -1.00 e. The van der Waals surface area contributed by atoms with Crippen LogP contribution in [0.5, 0.6) is 23.0 Å². The Morgan fingerprint density at radius 2 is 0.701 bits per heavy atom. The molecule has 4 aromatic carbocycles. The Morgan fingerprint density at radius 1 is 0.415 bits per heavy atom. The average Bonchev–Trinajstić information content (AvgIpc) is 0.714. The first-order valence-corrected chi connectivity index (χ1v) is 44.9. The first kappa shape index (κ1) is 114. The number of aromatic nitrogens is 4. The molecule has 7 amide bonds. The Kier molecular flexibility index (Phi) is 36.7. The van der Waals surface area contributed by atoms with Crippen LogP contribution in [0, 0.1) is 69.8 Å². The summed E-state index contributed by atoms with van der Waals surface area (Å²) in [6, 6.07) is 2.80. The third-order valence-electron chi connectivity index (χ3n) is 27.1. The fourth-order valence-corrected chi connectivity index (χ4v) is 20.4. The number of hydrogen-bond donors (Lipinski definition) is 6. The molecule has 4 saturated heterocycles. The van der Waals surface area contributed by atoms with Gasteiger partial charge in [-0.25, -0.2) is 57.5 Å². The van der Waals surface area contributed by atoms with Crippen LogP contribution in [0.4, 0.5) is 52.7 Å². The van der Waals surface area contributed by atoms with Crippen molar-refractivity contribution >= 4 is 70.4 Å². The molecular weight excluding hydrogens is 2110 g/mol. The molecule has 48 heteroatoms. The number of benzene rings is 4.